The molecule has 0 amide bonds. The number of nitrogens with zero attached hydrogens (tertiary/aromatic N) is 1. The number of nitrogens with one attached hydrogen (secondary N) is 1. The number of hydrogen-bond donors (Lipinski definition) is 1. The predicted octanol–water partition coefficient (Wildman–Crippen LogP) is 2.19. The Balaban J connectivity index is 1.76. The molecular weight excluding hydrogens is 520 g/mol. The first kappa shape index (κ1) is 28.9. The number of hydrogen-bond acceptors (Lipinski definition) is 9. The van der Waals surface area contributed by atoms with E-state index in [1.807, 2.05) is 60.7 Å². The number of H-pyrrole nitrogens is 1. The summed E-state index contributed by atoms with van der Waals surface area (Å²) >= 11 is 0. The summed E-state index contributed by atoms with van der Waals surface area (Å²) in [5.74, 6) is -1.32. The lowest BCUT2D eigenvalue weighted by Gasteiger charge is -2.35. The van der Waals surface area contributed by atoms with E-state index >= 15 is 0 Å². The highest BCUT2D eigenvalue weighted by Gasteiger charge is 2.61. The molecule has 1 aliphatic heterocycles. The van der Waals surface area contributed by atoms with E-state index in [9.17, 15) is 19.2 Å². The summed E-state index contributed by atoms with van der Waals surface area (Å²) in [6.45, 7) is 3.80. The summed E-state index contributed by atoms with van der Waals surface area (Å²) < 4.78 is 30.9. The van der Waals surface area contributed by atoms with Crippen LogP contribution in [0.2, 0.25) is 0 Å². The lowest BCUT2D eigenvalue weighted by Crippen LogP contribution is -2.56. The summed E-state index contributed by atoms with van der Waals surface area (Å²) in [6.07, 6.45) is -1.80. The first-order valence-corrected chi connectivity index (χ1v) is 12.8. The average molecular weight is 553 g/mol. The van der Waals surface area contributed by atoms with Crippen molar-refractivity contribution in [3.63, 3.8) is 0 Å². The Kier molecular flexibility index (Phi) is 9.30. The van der Waals surface area contributed by atoms with E-state index in [1.165, 1.54) is 27.0 Å². The first-order valence-electron chi connectivity index (χ1n) is 12.8. The molecule has 4 atom stereocenters. The van der Waals surface area contributed by atoms with Gasteiger partial charge in [-0.3, -0.25) is 23.9 Å². The van der Waals surface area contributed by atoms with Crippen molar-refractivity contribution in [1.82, 2.24) is 9.55 Å². The van der Waals surface area contributed by atoms with E-state index in [0.717, 1.165) is 15.7 Å². The van der Waals surface area contributed by atoms with Crippen LogP contribution in [0.1, 0.15) is 30.5 Å². The Labute approximate surface area is 230 Å². The molecule has 1 N–H and O–H groups in total. The molecule has 2 aromatic carbocycles. The number of rotatable bonds is 11. The van der Waals surface area contributed by atoms with Crippen LogP contribution in [-0.2, 0) is 52.2 Å². The zero-order valence-corrected chi connectivity index (χ0v) is 22.5. The van der Waals surface area contributed by atoms with Crippen LogP contribution >= 0.6 is 0 Å². The van der Waals surface area contributed by atoms with Crippen LogP contribution in [0.5, 0.6) is 0 Å². The molecule has 4 rings (SSSR count). The van der Waals surface area contributed by atoms with E-state index in [2.05, 4.69) is 4.98 Å². The van der Waals surface area contributed by atoms with Crippen LogP contribution in [0.3, 0.4) is 0 Å². The number of aromatic amines is 1. The molecule has 0 radical (unpaired) electrons. The summed E-state index contributed by atoms with van der Waals surface area (Å²) in [7, 11) is 0. The van der Waals surface area contributed by atoms with Crippen LogP contribution in [0.4, 0.5) is 0 Å². The molecule has 11 nitrogen and oxygen atoms in total. The van der Waals surface area contributed by atoms with Crippen molar-refractivity contribution in [1.29, 1.82) is 0 Å². The fourth-order valence-corrected chi connectivity index (χ4v) is 4.58. The molecule has 212 valence electrons. The summed E-state index contributed by atoms with van der Waals surface area (Å²) in [6, 6.07) is 18.8. The number of aromatic nitrogens is 2. The maximum atomic E-state index is 13.1. The van der Waals surface area contributed by atoms with E-state index < -0.39 is 53.8 Å². The van der Waals surface area contributed by atoms with Crippen molar-refractivity contribution in [3.05, 3.63) is 104 Å². The minimum Gasteiger partial charge on any atom is -0.461 e. The Hall–Kier alpha value is -4.06. The summed E-state index contributed by atoms with van der Waals surface area (Å²) in [5.41, 5.74) is -1.33. The van der Waals surface area contributed by atoms with Crippen LogP contribution in [0, 0.1) is 6.92 Å². The van der Waals surface area contributed by atoms with Gasteiger partial charge in [-0.2, -0.15) is 0 Å². The third kappa shape index (κ3) is 6.74. The molecule has 0 saturated carbocycles. The maximum absolute atomic E-state index is 13.1. The van der Waals surface area contributed by atoms with Gasteiger partial charge in [-0.15, -0.1) is 0 Å². The van der Waals surface area contributed by atoms with Gasteiger partial charge in [-0.25, -0.2) is 4.79 Å². The molecule has 0 spiro atoms. The van der Waals surface area contributed by atoms with E-state index in [1.54, 1.807) is 0 Å². The second kappa shape index (κ2) is 12.9. The van der Waals surface area contributed by atoms with Crippen LogP contribution < -0.4 is 11.2 Å². The monoisotopic (exact) mass is 552 g/mol. The highest BCUT2D eigenvalue weighted by atomic mass is 16.7. The van der Waals surface area contributed by atoms with Crippen molar-refractivity contribution >= 4 is 11.9 Å². The number of carbonyl (C=O) groups excluding carboxylic acids is 2. The van der Waals surface area contributed by atoms with Crippen molar-refractivity contribution in [2.24, 2.45) is 0 Å². The number of esters is 2. The van der Waals surface area contributed by atoms with E-state index in [4.69, 9.17) is 23.7 Å². The summed E-state index contributed by atoms with van der Waals surface area (Å²) in [4.78, 5) is 51.8. The lowest BCUT2D eigenvalue weighted by atomic mass is 10.0. The topological polar surface area (TPSA) is 135 Å². The largest absolute Gasteiger partial charge is 0.461 e. The minimum absolute atomic E-state index is 0.00891. The van der Waals surface area contributed by atoms with Gasteiger partial charge < -0.3 is 23.7 Å². The maximum Gasteiger partial charge on any atom is 0.330 e. The standard InChI is InChI=1S/C29H32N2O9/c1-19-14-31(28(35)30-27(19)34)29(18-38-20(2)32)26(39-21(3)33)25(37-16-23-12-8-5-9-13-23)24(40-29)17-36-15-22-10-6-4-7-11-22/h4-14,24-26H,15-18H2,1-3H3,(H,30,34,35)/t24-,25-,26+,29-/m1/s1. The molecule has 0 unspecified atom stereocenters. The Morgan fingerprint density at radius 3 is 2.17 bits per heavy atom. The molecular formula is C29H32N2O9. The predicted molar refractivity (Wildman–Crippen MR) is 142 cm³/mol. The van der Waals surface area contributed by atoms with Crippen molar-refractivity contribution in [3.8, 4) is 0 Å². The quantitative estimate of drug-likeness (QED) is 0.355. The minimum atomic E-state index is -1.87. The fourth-order valence-electron chi connectivity index (χ4n) is 4.58. The molecule has 2 heterocycles. The van der Waals surface area contributed by atoms with E-state index in [0.29, 0.717) is 0 Å². The van der Waals surface area contributed by atoms with Crippen LogP contribution in [0.15, 0.2) is 76.4 Å². The third-order valence-corrected chi connectivity index (χ3v) is 6.45. The Bertz CT molecular complexity index is 1420. The highest BCUT2D eigenvalue weighted by Crippen LogP contribution is 2.40. The molecule has 3 aromatic rings. The SMILES string of the molecule is CC(=O)OC[C@@]1(n2cc(C)c(=O)[nH]c2=O)O[C@H](COCc2ccccc2)[C@@H](OCc2ccccc2)[C@@H]1OC(C)=O. The highest BCUT2D eigenvalue weighted by molar-refractivity contribution is 5.67. The molecule has 0 aliphatic carbocycles. The molecule has 1 saturated heterocycles. The second-order valence-corrected chi connectivity index (χ2v) is 9.51. The molecule has 1 aliphatic rings. The van der Waals surface area contributed by atoms with Gasteiger partial charge in [-0.05, 0) is 18.1 Å². The lowest BCUT2D eigenvalue weighted by molar-refractivity contribution is -0.203. The summed E-state index contributed by atoms with van der Waals surface area (Å²) in [5, 5.41) is 0. The smallest absolute Gasteiger partial charge is 0.330 e. The average Bonchev–Trinajstić information content (AvgIpc) is 3.21. The van der Waals surface area contributed by atoms with Crippen LogP contribution in [-0.4, -0.2) is 53.0 Å². The molecule has 1 aromatic heterocycles. The van der Waals surface area contributed by atoms with Crippen molar-refractivity contribution < 1.29 is 33.3 Å². The van der Waals surface area contributed by atoms with Crippen molar-refractivity contribution in [2.45, 2.75) is 58.0 Å². The number of ether oxygens (including phenoxy) is 5. The third-order valence-electron chi connectivity index (χ3n) is 6.45. The van der Waals surface area contributed by atoms with Gasteiger partial charge >= 0.3 is 17.6 Å². The van der Waals surface area contributed by atoms with Gasteiger partial charge in [0.15, 0.2) is 6.10 Å². The fraction of sp³-hybridized carbons (Fsp3) is 0.379. The number of benzene rings is 2. The van der Waals surface area contributed by atoms with E-state index in [-0.39, 0.29) is 25.4 Å². The molecule has 1 fully saturated rings. The van der Waals surface area contributed by atoms with Crippen molar-refractivity contribution in [2.75, 3.05) is 13.2 Å². The number of carbonyl (C=O) groups is 2. The molecule has 0 bridgehead atoms. The Morgan fingerprint density at radius 1 is 0.950 bits per heavy atom. The van der Waals surface area contributed by atoms with Gasteiger partial charge in [0, 0.05) is 25.6 Å². The molecule has 11 heteroatoms. The zero-order valence-electron chi connectivity index (χ0n) is 22.5. The van der Waals surface area contributed by atoms with Gasteiger partial charge in [0.1, 0.15) is 18.8 Å². The first-order chi connectivity index (χ1) is 19.2. The molecule has 40 heavy (non-hydrogen) atoms. The van der Waals surface area contributed by atoms with Gasteiger partial charge in [-0.1, -0.05) is 60.7 Å². The van der Waals surface area contributed by atoms with Gasteiger partial charge in [0.05, 0.1) is 19.8 Å². The van der Waals surface area contributed by atoms with Gasteiger partial charge in [0.2, 0.25) is 5.72 Å². The second-order valence-electron chi connectivity index (χ2n) is 9.51. The Morgan fingerprint density at radius 2 is 1.57 bits per heavy atom. The normalized spacial score (nSPS) is 22.1. The zero-order chi connectivity index (χ0) is 28.7. The number of aryl methyl sites for hydroxylation is 1. The van der Waals surface area contributed by atoms with Crippen LogP contribution in [0.25, 0.3) is 0 Å². The van der Waals surface area contributed by atoms with Gasteiger partial charge in [0.25, 0.3) is 5.56 Å².